The zero-order chi connectivity index (χ0) is 21.7. The number of benzene rings is 3. The van der Waals surface area contributed by atoms with Crippen LogP contribution in [0.2, 0.25) is 0 Å². The summed E-state index contributed by atoms with van der Waals surface area (Å²) in [7, 11) is -2.42. The van der Waals surface area contributed by atoms with Crippen LogP contribution in [0.4, 0.5) is 10.1 Å². The Morgan fingerprint density at radius 2 is 1.80 bits per heavy atom. The van der Waals surface area contributed by atoms with Crippen LogP contribution in [0.25, 0.3) is 0 Å². The van der Waals surface area contributed by atoms with Gasteiger partial charge in [0.15, 0.2) is 11.6 Å². The van der Waals surface area contributed by atoms with E-state index in [2.05, 4.69) is 26.0 Å². The predicted octanol–water partition coefficient (Wildman–Crippen LogP) is 4.33. The minimum Gasteiger partial charge on any atom is -0.494 e. The molecule has 0 bridgehead atoms. The topological polar surface area (TPSA) is 84.5 Å². The van der Waals surface area contributed by atoms with E-state index < -0.39 is 21.7 Å². The van der Waals surface area contributed by atoms with Crippen LogP contribution in [0.1, 0.15) is 15.9 Å². The van der Waals surface area contributed by atoms with Crippen molar-refractivity contribution >= 4 is 37.5 Å². The largest absolute Gasteiger partial charge is 0.494 e. The van der Waals surface area contributed by atoms with E-state index in [4.69, 9.17) is 4.74 Å². The number of amides is 1. The molecule has 3 aromatic carbocycles. The van der Waals surface area contributed by atoms with Gasteiger partial charge in [-0.15, -0.1) is 0 Å². The van der Waals surface area contributed by atoms with Crippen LogP contribution in [0.3, 0.4) is 0 Å². The summed E-state index contributed by atoms with van der Waals surface area (Å²) < 4.78 is 46.9. The van der Waals surface area contributed by atoms with Gasteiger partial charge in [-0.05, 0) is 60.2 Å². The SMILES string of the molecule is COc1ccc(CNC(=O)c2cccc(NS(=O)(=O)c3ccc(Br)cc3)c2)cc1F. The van der Waals surface area contributed by atoms with Crippen molar-refractivity contribution in [1.29, 1.82) is 0 Å². The fraction of sp³-hybridized carbons (Fsp3) is 0.0952. The molecule has 0 heterocycles. The molecule has 1 amide bonds. The van der Waals surface area contributed by atoms with Gasteiger partial charge in [0.2, 0.25) is 0 Å². The molecule has 9 heteroatoms. The molecule has 0 saturated carbocycles. The molecule has 2 N–H and O–H groups in total. The minimum atomic E-state index is -3.80. The third kappa shape index (κ3) is 5.37. The van der Waals surface area contributed by atoms with Crippen molar-refractivity contribution in [2.24, 2.45) is 0 Å². The minimum absolute atomic E-state index is 0.0992. The van der Waals surface area contributed by atoms with Gasteiger partial charge in [-0.2, -0.15) is 0 Å². The number of rotatable bonds is 7. The first kappa shape index (κ1) is 21.8. The Kier molecular flexibility index (Phi) is 6.73. The first-order chi connectivity index (χ1) is 14.3. The monoisotopic (exact) mass is 492 g/mol. The number of anilines is 1. The zero-order valence-corrected chi connectivity index (χ0v) is 18.3. The number of nitrogens with one attached hydrogen (secondary N) is 2. The summed E-state index contributed by atoms with van der Waals surface area (Å²) in [6.07, 6.45) is 0. The fourth-order valence-electron chi connectivity index (χ4n) is 2.66. The summed E-state index contributed by atoms with van der Waals surface area (Å²) in [5, 5.41) is 2.68. The van der Waals surface area contributed by atoms with Crippen molar-refractivity contribution in [3.05, 3.63) is 88.1 Å². The van der Waals surface area contributed by atoms with E-state index in [-0.39, 0.29) is 28.4 Å². The van der Waals surface area contributed by atoms with Crippen molar-refractivity contribution in [2.45, 2.75) is 11.4 Å². The van der Waals surface area contributed by atoms with Crippen LogP contribution in [-0.2, 0) is 16.6 Å². The molecule has 30 heavy (non-hydrogen) atoms. The van der Waals surface area contributed by atoms with Crippen molar-refractivity contribution < 1.29 is 22.3 Å². The number of hydrogen-bond donors (Lipinski definition) is 2. The third-order valence-corrected chi connectivity index (χ3v) is 6.10. The van der Waals surface area contributed by atoms with Gasteiger partial charge < -0.3 is 10.1 Å². The molecule has 0 aliphatic heterocycles. The summed E-state index contributed by atoms with van der Waals surface area (Å²) in [6.45, 7) is 0.106. The quantitative estimate of drug-likeness (QED) is 0.514. The van der Waals surface area contributed by atoms with Gasteiger partial charge in [0.05, 0.1) is 12.0 Å². The van der Waals surface area contributed by atoms with Gasteiger partial charge in [-0.1, -0.05) is 28.1 Å². The Labute approximate surface area is 182 Å². The third-order valence-electron chi connectivity index (χ3n) is 4.17. The van der Waals surface area contributed by atoms with E-state index in [1.54, 1.807) is 36.4 Å². The van der Waals surface area contributed by atoms with Gasteiger partial charge in [0.1, 0.15) is 0 Å². The molecule has 0 spiro atoms. The van der Waals surface area contributed by atoms with Gasteiger partial charge in [-0.25, -0.2) is 12.8 Å². The van der Waals surface area contributed by atoms with E-state index in [9.17, 15) is 17.6 Å². The van der Waals surface area contributed by atoms with E-state index in [0.717, 1.165) is 4.47 Å². The van der Waals surface area contributed by atoms with E-state index in [1.165, 1.54) is 37.4 Å². The zero-order valence-electron chi connectivity index (χ0n) is 15.9. The van der Waals surface area contributed by atoms with Crippen molar-refractivity contribution in [3.63, 3.8) is 0 Å². The van der Waals surface area contributed by atoms with Crippen molar-refractivity contribution in [2.75, 3.05) is 11.8 Å². The lowest BCUT2D eigenvalue weighted by Gasteiger charge is -2.10. The van der Waals surface area contributed by atoms with Gasteiger partial charge in [-0.3, -0.25) is 9.52 Å². The Morgan fingerprint density at radius 1 is 1.07 bits per heavy atom. The molecular formula is C21H18BrFN2O4S. The van der Waals surface area contributed by atoms with Gasteiger partial charge in [0.25, 0.3) is 15.9 Å². The maximum absolute atomic E-state index is 13.8. The lowest BCUT2D eigenvalue weighted by Crippen LogP contribution is -2.23. The van der Waals surface area contributed by atoms with E-state index in [0.29, 0.717) is 5.56 Å². The van der Waals surface area contributed by atoms with Crippen molar-refractivity contribution in [3.8, 4) is 5.75 Å². The van der Waals surface area contributed by atoms with E-state index >= 15 is 0 Å². The summed E-state index contributed by atoms with van der Waals surface area (Å²) in [4.78, 5) is 12.5. The Bertz CT molecular complexity index is 1170. The molecule has 0 aliphatic carbocycles. The molecule has 3 aromatic rings. The van der Waals surface area contributed by atoms with Crippen LogP contribution in [-0.4, -0.2) is 21.4 Å². The highest BCUT2D eigenvalue weighted by Gasteiger charge is 2.15. The van der Waals surface area contributed by atoms with Crippen LogP contribution in [0.5, 0.6) is 5.75 Å². The molecule has 156 valence electrons. The van der Waals surface area contributed by atoms with Crippen LogP contribution in [0.15, 0.2) is 76.1 Å². The summed E-state index contributed by atoms with van der Waals surface area (Å²) in [6, 6.07) is 16.7. The van der Waals surface area contributed by atoms with Crippen LogP contribution in [0, 0.1) is 5.82 Å². The van der Waals surface area contributed by atoms with Crippen LogP contribution < -0.4 is 14.8 Å². The number of ether oxygens (including phenoxy) is 1. The van der Waals surface area contributed by atoms with Gasteiger partial charge >= 0.3 is 0 Å². The maximum Gasteiger partial charge on any atom is 0.261 e. The summed E-state index contributed by atoms with van der Waals surface area (Å²) in [5.41, 5.74) is 1.08. The number of methoxy groups -OCH3 is 1. The number of sulfonamides is 1. The molecule has 0 atom stereocenters. The van der Waals surface area contributed by atoms with Gasteiger partial charge in [0, 0.05) is 22.3 Å². The first-order valence-corrected chi connectivity index (χ1v) is 11.1. The maximum atomic E-state index is 13.8. The molecular weight excluding hydrogens is 475 g/mol. The molecule has 0 unspecified atom stereocenters. The normalized spacial score (nSPS) is 11.0. The highest BCUT2D eigenvalue weighted by molar-refractivity contribution is 9.10. The molecule has 0 aliphatic rings. The second-order valence-electron chi connectivity index (χ2n) is 6.29. The highest BCUT2D eigenvalue weighted by Crippen LogP contribution is 2.20. The summed E-state index contributed by atoms with van der Waals surface area (Å²) in [5.74, 6) is -0.819. The Balaban J connectivity index is 1.69. The molecule has 0 radical (unpaired) electrons. The van der Waals surface area contributed by atoms with Crippen LogP contribution >= 0.6 is 15.9 Å². The molecule has 0 saturated heterocycles. The van der Waals surface area contributed by atoms with Crippen molar-refractivity contribution in [1.82, 2.24) is 5.32 Å². The Hall–Kier alpha value is -2.91. The number of hydrogen-bond acceptors (Lipinski definition) is 4. The second-order valence-corrected chi connectivity index (χ2v) is 8.89. The number of halogens is 2. The first-order valence-electron chi connectivity index (χ1n) is 8.77. The van der Waals surface area contributed by atoms with E-state index in [1.807, 2.05) is 0 Å². The second kappa shape index (κ2) is 9.27. The molecule has 0 fully saturated rings. The number of carbonyl (C=O) groups is 1. The average molecular weight is 493 g/mol. The fourth-order valence-corrected chi connectivity index (χ4v) is 3.97. The lowest BCUT2D eigenvalue weighted by atomic mass is 10.1. The predicted molar refractivity (Wildman–Crippen MR) is 116 cm³/mol. The standard InChI is InChI=1S/C21H18BrFN2O4S/c1-29-20-10-5-14(11-19(20)23)13-24-21(26)15-3-2-4-17(12-15)25-30(27,28)18-8-6-16(22)7-9-18/h2-12,25H,13H2,1H3,(H,24,26). The smallest absolute Gasteiger partial charge is 0.261 e. The summed E-state index contributed by atoms with van der Waals surface area (Å²) >= 11 is 3.26. The molecule has 3 rings (SSSR count). The highest BCUT2D eigenvalue weighted by atomic mass is 79.9. The average Bonchev–Trinajstić information content (AvgIpc) is 2.72. The lowest BCUT2D eigenvalue weighted by molar-refractivity contribution is 0.0951. The molecule has 0 aromatic heterocycles. The molecule has 6 nitrogen and oxygen atoms in total. The Morgan fingerprint density at radius 3 is 2.47 bits per heavy atom. The number of carbonyl (C=O) groups excluding carboxylic acids is 1.